The molecule has 0 aliphatic rings. The summed E-state index contributed by atoms with van der Waals surface area (Å²) in [5, 5.41) is 8.32. The lowest BCUT2D eigenvalue weighted by Gasteiger charge is -1.94. The number of benzene rings is 1. The smallest absolute Gasteiger partial charge is 0.372 e. The Kier molecular flexibility index (Phi) is 4.34. The second-order valence-electron chi connectivity index (χ2n) is 3.62. The minimum Gasteiger partial charge on any atom is -0.475 e. The van der Waals surface area contributed by atoms with Crippen LogP contribution in [0.3, 0.4) is 0 Å². The van der Waals surface area contributed by atoms with E-state index in [1.165, 1.54) is 6.08 Å². The molecule has 17 heavy (non-hydrogen) atoms. The molecule has 0 fully saturated rings. The van der Waals surface area contributed by atoms with Crippen LogP contribution in [0.4, 0.5) is 0 Å². The predicted octanol–water partition coefficient (Wildman–Crippen LogP) is 1.62. The number of aryl methyl sites for hydroxylation is 1. The molecule has 4 heteroatoms. The number of carboxylic acid groups (broad SMARTS) is 1. The summed E-state index contributed by atoms with van der Waals surface area (Å²) in [6, 6.07) is 7.45. The largest absolute Gasteiger partial charge is 0.475 e. The van der Waals surface area contributed by atoms with Crippen LogP contribution in [0.25, 0.3) is 6.08 Å². The number of ketones is 2. The molecule has 0 aliphatic heterocycles. The van der Waals surface area contributed by atoms with Crippen molar-refractivity contribution in [2.75, 3.05) is 0 Å². The van der Waals surface area contributed by atoms with Crippen LogP contribution in [-0.4, -0.2) is 22.6 Å². The van der Waals surface area contributed by atoms with Gasteiger partial charge < -0.3 is 5.11 Å². The fourth-order valence-electron chi connectivity index (χ4n) is 1.16. The summed E-state index contributed by atoms with van der Waals surface area (Å²) in [4.78, 5) is 32.2. The van der Waals surface area contributed by atoms with Crippen LogP contribution in [-0.2, 0) is 14.4 Å². The van der Waals surface area contributed by atoms with Crippen LogP contribution in [0.1, 0.15) is 17.5 Å². The van der Waals surface area contributed by atoms with Gasteiger partial charge in [0.25, 0.3) is 0 Å². The van der Waals surface area contributed by atoms with Gasteiger partial charge in [0.05, 0.1) is 6.42 Å². The van der Waals surface area contributed by atoms with Gasteiger partial charge in [0.2, 0.25) is 5.78 Å². The normalized spacial score (nSPS) is 10.4. The SMILES string of the molecule is Cc1ccc(C=CC(=O)CC(=O)C(=O)O)cc1. The van der Waals surface area contributed by atoms with E-state index in [1.54, 1.807) is 6.08 Å². The van der Waals surface area contributed by atoms with E-state index in [2.05, 4.69) is 0 Å². The molecular weight excluding hydrogens is 220 g/mol. The van der Waals surface area contributed by atoms with Gasteiger partial charge in [-0.2, -0.15) is 0 Å². The lowest BCUT2D eigenvalue weighted by Crippen LogP contribution is -2.15. The molecule has 1 aromatic carbocycles. The van der Waals surface area contributed by atoms with Crippen molar-refractivity contribution in [3.8, 4) is 0 Å². The van der Waals surface area contributed by atoms with Gasteiger partial charge in [0.15, 0.2) is 5.78 Å². The maximum atomic E-state index is 11.2. The minimum absolute atomic E-state index is 0.516. The first kappa shape index (κ1) is 12.8. The molecule has 0 bridgehead atoms. The van der Waals surface area contributed by atoms with E-state index >= 15 is 0 Å². The molecule has 0 aliphatic carbocycles. The Bertz CT molecular complexity index is 469. The zero-order valence-corrected chi connectivity index (χ0v) is 9.34. The highest BCUT2D eigenvalue weighted by molar-refractivity contribution is 6.37. The third-order valence-corrected chi connectivity index (χ3v) is 2.11. The summed E-state index contributed by atoms with van der Waals surface area (Å²) in [6.45, 7) is 1.95. The van der Waals surface area contributed by atoms with E-state index in [0.717, 1.165) is 11.1 Å². The van der Waals surface area contributed by atoms with Crippen LogP contribution in [0.2, 0.25) is 0 Å². The molecule has 0 atom stereocenters. The molecule has 1 aromatic rings. The van der Waals surface area contributed by atoms with Gasteiger partial charge >= 0.3 is 5.97 Å². The Labute approximate surface area is 98.6 Å². The topological polar surface area (TPSA) is 71.4 Å². The van der Waals surface area contributed by atoms with Crippen molar-refractivity contribution in [3.05, 3.63) is 41.5 Å². The maximum Gasteiger partial charge on any atom is 0.372 e. The third kappa shape index (κ3) is 4.42. The molecule has 88 valence electrons. The molecule has 0 saturated carbocycles. The molecule has 0 unspecified atom stereocenters. The number of hydrogen-bond donors (Lipinski definition) is 1. The van der Waals surface area contributed by atoms with E-state index in [9.17, 15) is 14.4 Å². The summed E-state index contributed by atoms with van der Waals surface area (Å²) in [5.41, 5.74) is 1.93. The highest BCUT2D eigenvalue weighted by atomic mass is 16.4. The Morgan fingerprint density at radius 3 is 2.29 bits per heavy atom. The summed E-state index contributed by atoms with van der Waals surface area (Å²) in [5.74, 6) is -3.19. The predicted molar refractivity (Wildman–Crippen MR) is 62.5 cm³/mol. The second kappa shape index (κ2) is 5.75. The lowest BCUT2D eigenvalue weighted by molar-refractivity contribution is -0.149. The zero-order chi connectivity index (χ0) is 12.8. The van der Waals surface area contributed by atoms with E-state index in [0.29, 0.717) is 0 Å². The van der Waals surface area contributed by atoms with Crippen molar-refractivity contribution >= 4 is 23.6 Å². The average Bonchev–Trinajstić information content (AvgIpc) is 2.28. The Morgan fingerprint density at radius 1 is 1.18 bits per heavy atom. The summed E-state index contributed by atoms with van der Waals surface area (Å²) in [7, 11) is 0. The van der Waals surface area contributed by atoms with Crippen molar-refractivity contribution in [3.63, 3.8) is 0 Å². The maximum absolute atomic E-state index is 11.2. The van der Waals surface area contributed by atoms with Crippen LogP contribution in [0.5, 0.6) is 0 Å². The summed E-state index contributed by atoms with van der Waals surface area (Å²) < 4.78 is 0. The average molecular weight is 232 g/mol. The Balaban J connectivity index is 2.59. The van der Waals surface area contributed by atoms with Gasteiger partial charge in [0, 0.05) is 0 Å². The van der Waals surface area contributed by atoms with Crippen molar-refractivity contribution in [2.24, 2.45) is 0 Å². The number of rotatable bonds is 5. The Hall–Kier alpha value is -2.23. The number of carbonyl (C=O) groups is 3. The van der Waals surface area contributed by atoms with Crippen molar-refractivity contribution in [1.29, 1.82) is 0 Å². The van der Waals surface area contributed by atoms with Crippen LogP contribution >= 0.6 is 0 Å². The number of carboxylic acids is 1. The monoisotopic (exact) mass is 232 g/mol. The van der Waals surface area contributed by atoms with Gasteiger partial charge in [-0.1, -0.05) is 35.9 Å². The van der Waals surface area contributed by atoms with Gasteiger partial charge in [-0.25, -0.2) is 4.79 Å². The van der Waals surface area contributed by atoms with E-state index in [1.807, 2.05) is 31.2 Å². The quantitative estimate of drug-likeness (QED) is 0.475. The standard InChI is InChI=1S/C13H12O4/c1-9-2-4-10(5-3-9)6-7-11(14)8-12(15)13(16)17/h2-7H,8H2,1H3,(H,16,17). The van der Waals surface area contributed by atoms with Crippen molar-refractivity contribution in [2.45, 2.75) is 13.3 Å². The van der Waals surface area contributed by atoms with Crippen LogP contribution in [0.15, 0.2) is 30.3 Å². The zero-order valence-electron chi connectivity index (χ0n) is 9.34. The molecule has 0 spiro atoms. The first-order chi connectivity index (χ1) is 7.99. The van der Waals surface area contributed by atoms with Gasteiger partial charge in [-0.3, -0.25) is 9.59 Å². The van der Waals surface area contributed by atoms with E-state index in [4.69, 9.17) is 5.11 Å². The first-order valence-electron chi connectivity index (χ1n) is 5.03. The highest BCUT2D eigenvalue weighted by Crippen LogP contribution is 2.05. The summed E-state index contributed by atoms with van der Waals surface area (Å²) in [6.07, 6.45) is 2.17. The number of carbonyl (C=O) groups excluding carboxylic acids is 2. The van der Waals surface area contributed by atoms with Gasteiger partial charge in [-0.05, 0) is 18.6 Å². The first-order valence-corrected chi connectivity index (χ1v) is 5.03. The number of allylic oxidation sites excluding steroid dienone is 1. The molecule has 0 heterocycles. The Morgan fingerprint density at radius 2 is 1.76 bits per heavy atom. The third-order valence-electron chi connectivity index (χ3n) is 2.11. The molecule has 1 rings (SSSR count). The van der Waals surface area contributed by atoms with Gasteiger partial charge in [0.1, 0.15) is 0 Å². The second-order valence-corrected chi connectivity index (χ2v) is 3.62. The highest BCUT2D eigenvalue weighted by Gasteiger charge is 2.14. The molecular formula is C13H12O4. The van der Waals surface area contributed by atoms with Gasteiger partial charge in [-0.15, -0.1) is 0 Å². The molecule has 1 N–H and O–H groups in total. The number of Topliss-reactive ketones (excluding diaryl/α,β-unsaturated/α-hetero) is 1. The molecule has 0 aromatic heterocycles. The van der Waals surface area contributed by atoms with Crippen LogP contribution in [0, 0.1) is 6.92 Å². The lowest BCUT2D eigenvalue weighted by atomic mass is 10.1. The number of hydrogen-bond acceptors (Lipinski definition) is 3. The molecule has 0 amide bonds. The van der Waals surface area contributed by atoms with E-state index < -0.39 is 24.0 Å². The molecule has 0 radical (unpaired) electrons. The molecule has 0 saturated heterocycles. The summed E-state index contributed by atoms with van der Waals surface area (Å²) >= 11 is 0. The van der Waals surface area contributed by atoms with Crippen LogP contribution < -0.4 is 0 Å². The molecule has 4 nitrogen and oxygen atoms in total. The van der Waals surface area contributed by atoms with Crippen molar-refractivity contribution < 1.29 is 19.5 Å². The number of aliphatic carboxylic acids is 1. The van der Waals surface area contributed by atoms with Crippen molar-refractivity contribution in [1.82, 2.24) is 0 Å². The fourth-order valence-corrected chi connectivity index (χ4v) is 1.16. The van der Waals surface area contributed by atoms with E-state index in [-0.39, 0.29) is 0 Å². The minimum atomic E-state index is -1.58. The fraction of sp³-hybridized carbons (Fsp3) is 0.154.